The minimum atomic E-state index is -0.0622. The van der Waals surface area contributed by atoms with Crippen LogP contribution in [0, 0.1) is 30.5 Å². The highest BCUT2D eigenvalue weighted by Gasteiger charge is 2.27. The highest BCUT2D eigenvalue weighted by molar-refractivity contribution is 5.24. The molecule has 1 aromatic rings. The Kier molecular flexibility index (Phi) is 6.14. The molecule has 0 aliphatic heterocycles. The molecule has 1 atom stereocenters. The first-order chi connectivity index (χ1) is 11.7. The summed E-state index contributed by atoms with van der Waals surface area (Å²) in [6, 6.07) is 5.70. The summed E-state index contributed by atoms with van der Waals surface area (Å²) < 4.78 is 13.6. The van der Waals surface area contributed by atoms with Crippen molar-refractivity contribution in [3.63, 3.8) is 0 Å². The van der Waals surface area contributed by atoms with E-state index in [9.17, 15) is 4.39 Å². The van der Waals surface area contributed by atoms with Gasteiger partial charge in [0.05, 0.1) is 0 Å². The summed E-state index contributed by atoms with van der Waals surface area (Å²) in [7, 11) is 0. The summed E-state index contributed by atoms with van der Waals surface area (Å²) in [6.45, 7) is 4.18. The number of rotatable bonds is 5. The predicted molar refractivity (Wildman–Crippen MR) is 101 cm³/mol. The highest BCUT2D eigenvalue weighted by atomic mass is 19.1. The summed E-state index contributed by atoms with van der Waals surface area (Å²) in [5.74, 6) is 2.86. The van der Waals surface area contributed by atoms with E-state index in [4.69, 9.17) is 0 Å². The van der Waals surface area contributed by atoms with Crippen molar-refractivity contribution in [3.05, 3.63) is 46.8 Å². The van der Waals surface area contributed by atoms with Gasteiger partial charge in [0.25, 0.3) is 0 Å². The molecule has 0 heterocycles. The molecule has 0 saturated heterocycles. The second kappa shape index (κ2) is 8.32. The summed E-state index contributed by atoms with van der Waals surface area (Å²) >= 11 is 0. The molecular weight excluding hydrogens is 295 g/mol. The molecule has 0 N–H and O–H groups in total. The van der Waals surface area contributed by atoms with Gasteiger partial charge in [-0.05, 0) is 86.8 Å². The van der Waals surface area contributed by atoms with Crippen LogP contribution in [-0.2, 0) is 6.42 Å². The lowest BCUT2D eigenvalue weighted by Crippen LogP contribution is -2.23. The summed E-state index contributed by atoms with van der Waals surface area (Å²) in [4.78, 5) is 0. The second-order valence-corrected chi connectivity index (χ2v) is 8.17. The van der Waals surface area contributed by atoms with Crippen molar-refractivity contribution >= 4 is 0 Å². The van der Waals surface area contributed by atoms with Crippen molar-refractivity contribution in [1.82, 2.24) is 0 Å². The topological polar surface area (TPSA) is 0 Å². The normalized spacial score (nSPS) is 27.8. The van der Waals surface area contributed by atoms with Crippen molar-refractivity contribution in [1.29, 1.82) is 0 Å². The molecule has 0 radical (unpaired) electrons. The fourth-order valence-electron chi connectivity index (χ4n) is 4.73. The Bertz CT molecular complexity index is 563. The number of allylic oxidation sites excluding steroid dienone is 2. The summed E-state index contributed by atoms with van der Waals surface area (Å²) in [5, 5.41) is 0. The lowest BCUT2D eigenvalue weighted by Gasteiger charge is -2.35. The summed E-state index contributed by atoms with van der Waals surface area (Å²) in [6.07, 6.45) is 15.8. The third-order valence-corrected chi connectivity index (χ3v) is 6.65. The molecule has 3 rings (SSSR count). The standard InChI is InChI=1S/C23H33F/c1-3-18-8-12-21(13-9-18)22-14-10-19(11-15-22)6-7-20-5-4-17(2)23(24)16-20/h4-5,10,16,18,21-22H,3,6-9,11-15H2,1-2H3/t18-,21-,22?. The predicted octanol–water partition coefficient (Wildman–Crippen LogP) is 7.01. The van der Waals surface area contributed by atoms with Gasteiger partial charge >= 0.3 is 0 Å². The van der Waals surface area contributed by atoms with Crippen LogP contribution in [0.1, 0.15) is 75.8 Å². The molecule has 0 spiro atoms. The zero-order valence-electron chi connectivity index (χ0n) is 15.5. The first kappa shape index (κ1) is 17.7. The smallest absolute Gasteiger partial charge is 0.126 e. The van der Waals surface area contributed by atoms with E-state index in [-0.39, 0.29) is 5.82 Å². The Morgan fingerprint density at radius 2 is 1.79 bits per heavy atom. The minimum Gasteiger partial charge on any atom is -0.207 e. The van der Waals surface area contributed by atoms with Crippen LogP contribution in [0.4, 0.5) is 4.39 Å². The van der Waals surface area contributed by atoms with Crippen LogP contribution >= 0.6 is 0 Å². The van der Waals surface area contributed by atoms with E-state index in [1.165, 1.54) is 51.4 Å². The van der Waals surface area contributed by atoms with Crippen LogP contribution in [0.25, 0.3) is 0 Å². The first-order valence-electron chi connectivity index (χ1n) is 10.1. The van der Waals surface area contributed by atoms with E-state index in [0.29, 0.717) is 0 Å². The fourth-order valence-corrected chi connectivity index (χ4v) is 4.73. The van der Waals surface area contributed by atoms with Gasteiger partial charge in [-0.25, -0.2) is 4.39 Å². The van der Waals surface area contributed by atoms with Crippen LogP contribution in [0.3, 0.4) is 0 Å². The van der Waals surface area contributed by atoms with Crippen LogP contribution in [0.5, 0.6) is 0 Å². The molecule has 0 amide bonds. The first-order valence-corrected chi connectivity index (χ1v) is 10.1. The Hall–Kier alpha value is -1.11. The second-order valence-electron chi connectivity index (χ2n) is 8.17. The van der Waals surface area contributed by atoms with Crippen molar-refractivity contribution in [3.8, 4) is 0 Å². The van der Waals surface area contributed by atoms with Gasteiger partial charge in [0.15, 0.2) is 0 Å². The van der Waals surface area contributed by atoms with Crippen molar-refractivity contribution in [2.24, 2.45) is 17.8 Å². The van der Waals surface area contributed by atoms with Gasteiger partial charge in [-0.3, -0.25) is 0 Å². The van der Waals surface area contributed by atoms with Gasteiger partial charge in [0, 0.05) is 0 Å². The zero-order valence-corrected chi connectivity index (χ0v) is 15.5. The Morgan fingerprint density at radius 3 is 2.42 bits per heavy atom. The molecule has 1 saturated carbocycles. The third-order valence-electron chi connectivity index (χ3n) is 6.65. The average molecular weight is 329 g/mol. The fraction of sp³-hybridized carbons (Fsp3) is 0.652. The van der Waals surface area contributed by atoms with Gasteiger partial charge in [-0.15, -0.1) is 0 Å². The van der Waals surface area contributed by atoms with E-state index < -0.39 is 0 Å². The van der Waals surface area contributed by atoms with Crippen LogP contribution < -0.4 is 0 Å². The molecule has 1 heteroatoms. The van der Waals surface area contributed by atoms with Gasteiger partial charge in [-0.2, -0.15) is 0 Å². The quantitative estimate of drug-likeness (QED) is 0.510. The van der Waals surface area contributed by atoms with Crippen LogP contribution in [0.2, 0.25) is 0 Å². The molecule has 0 bridgehead atoms. The van der Waals surface area contributed by atoms with Gasteiger partial charge < -0.3 is 0 Å². The van der Waals surface area contributed by atoms with Crippen LogP contribution in [-0.4, -0.2) is 0 Å². The van der Waals surface area contributed by atoms with E-state index in [1.807, 2.05) is 13.0 Å². The number of aryl methyl sites for hydroxylation is 2. The van der Waals surface area contributed by atoms with Gasteiger partial charge in [-0.1, -0.05) is 50.0 Å². The molecule has 0 nitrogen and oxygen atoms in total. The minimum absolute atomic E-state index is 0.0622. The monoisotopic (exact) mass is 328 g/mol. The average Bonchev–Trinajstić information content (AvgIpc) is 2.63. The molecule has 1 aromatic carbocycles. The Balaban J connectivity index is 1.46. The molecule has 2 aliphatic carbocycles. The number of halogens is 1. The number of hydrogen-bond donors (Lipinski definition) is 0. The van der Waals surface area contributed by atoms with Gasteiger partial charge in [0.2, 0.25) is 0 Å². The Morgan fingerprint density at radius 1 is 1.00 bits per heavy atom. The maximum absolute atomic E-state index is 13.6. The third kappa shape index (κ3) is 4.49. The molecule has 0 aromatic heterocycles. The van der Waals surface area contributed by atoms with Crippen LogP contribution in [0.15, 0.2) is 29.8 Å². The van der Waals surface area contributed by atoms with E-state index in [0.717, 1.165) is 41.7 Å². The highest BCUT2D eigenvalue weighted by Crippen LogP contribution is 2.40. The lowest BCUT2D eigenvalue weighted by molar-refractivity contribution is 0.189. The molecule has 24 heavy (non-hydrogen) atoms. The maximum Gasteiger partial charge on any atom is 0.126 e. The number of benzene rings is 1. The SMILES string of the molecule is CC[C@H]1CC[C@H](C2CC=C(CCc3ccc(C)c(F)c3)CC2)CC1. The van der Waals surface area contributed by atoms with Gasteiger partial charge in [0.1, 0.15) is 5.82 Å². The van der Waals surface area contributed by atoms with Crippen molar-refractivity contribution in [2.45, 2.75) is 78.1 Å². The molecule has 1 unspecified atom stereocenters. The van der Waals surface area contributed by atoms with Crippen molar-refractivity contribution < 1.29 is 4.39 Å². The maximum atomic E-state index is 13.6. The number of hydrogen-bond acceptors (Lipinski definition) is 0. The van der Waals surface area contributed by atoms with E-state index in [2.05, 4.69) is 19.1 Å². The largest absolute Gasteiger partial charge is 0.207 e. The van der Waals surface area contributed by atoms with E-state index >= 15 is 0 Å². The van der Waals surface area contributed by atoms with E-state index in [1.54, 1.807) is 11.6 Å². The summed E-state index contributed by atoms with van der Waals surface area (Å²) in [5.41, 5.74) is 3.49. The molecule has 2 aliphatic rings. The zero-order chi connectivity index (χ0) is 16.9. The molecule has 1 fully saturated rings. The lowest BCUT2D eigenvalue weighted by atomic mass is 9.71. The Labute approximate surface area is 147 Å². The van der Waals surface area contributed by atoms with Crippen molar-refractivity contribution in [2.75, 3.05) is 0 Å². The molecular formula is C23H33F. The molecule has 132 valence electrons.